The summed E-state index contributed by atoms with van der Waals surface area (Å²) in [5.41, 5.74) is 3.56. The van der Waals surface area contributed by atoms with Crippen LogP contribution in [0.25, 0.3) is 22.0 Å². The van der Waals surface area contributed by atoms with E-state index in [2.05, 4.69) is 32.2 Å². The smallest absolute Gasteiger partial charge is 0.183 e. The number of carbonyl (C=O) groups excluding carboxylic acids is 1. The number of Topliss-reactive ketones (excluding diaryl/α,β-unsaturated/α-hetero) is 1. The summed E-state index contributed by atoms with van der Waals surface area (Å²) in [5, 5.41) is 8.27. The Morgan fingerprint density at radius 1 is 1.15 bits per heavy atom. The van der Waals surface area contributed by atoms with Crippen LogP contribution in [0, 0.1) is 5.92 Å². The van der Waals surface area contributed by atoms with Crippen LogP contribution < -0.4 is 0 Å². The first-order valence-electron chi connectivity index (χ1n) is 12.8. The molecule has 0 atom stereocenters. The third kappa shape index (κ3) is 5.38. The SMILES string of the molecule is CC1(F)CCN(Cc2cncc(-c3ccc4[nH]nc(C(=O)CCCC5CCCC5)c4c3)c2)CC1. The first-order chi connectivity index (χ1) is 16.5. The lowest BCUT2D eigenvalue weighted by Gasteiger charge is -2.34. The molecule has 6 heteroatoms. The second kappa shape index (κ2) is 9.95. The highest BCUT2D eigenvalue weighted by molar-refractivity contribution is 6.06. The number of nitrogens with one attached hydrogen (secondary N) is 1. The Bertz CT molecular complexity index is 1140. The molecule has 0 unspecified atom stereocenters. The van der Waals surface area contributed by atoms with Gasteiger partial charge >= 0.3 is 0 Å². The number of halogens is 1. The predicted molar refractivity (Wildman–Crippen MR) is 133 cm³/mol. The molecule has 0 radical (unpaired) electrons. The van der Waals surface area contributed by atoms with Gasteiger partial charge in [-0.3, -0.25) is 19.8 Å². The van der Waals surface area contributed by atoms with Crippen molar-refractivity contribution in [2.75, 3.05) is 13.1 Å². The average molecular weight is 463 g/mol. The minimum absolute atomic E-state index is 0.123. The molecule has 1 aliphatic heterocycles. The van der Waals surface area contributed by atoms with Crippen LogP contribution in [0.3, 0.4) is 0 Å². The minimum atomic E-state index is -1.04. The van der Waals surface area contributed by atoms with Crippen LogP contribution in [0.5, 0.6) is 0 Å². The molecule has 3 aromatic rings. The van der Waals surface area contributed by atoms with Crippen molar-refractivity contribution < 1.29 is 9.18 Å². The lowest BCUT2D eigenvalue weighted by molar-refractivity contribution is 0.0704. The molecule has 3 heterocycles. The topological polar surface area (TPSA) is 61.9 Å². The maximum atomic E-state index is 14.1. The molecule has 5 nitrogen and oxygen atoms in total. The number of carbonyl (C=O) groups is 1. The van der Waals surface area contributed by atoms with Crippen molar-refractivity contribution in [1.82, 2.24) is 20.1 Å². The Balaban J connectivity index is 1.28. The third-order valence-corrected chi connectivity index (χ3v) is 7.75. The molecule has 2 aromatic heterocycles. The predicted octanol–water partition coefficient (Wildman–Crippen LogP) is 6.49. The van der Waals surface area contributed by atoms with E-state index >= 15 is 0 Å². The molecule has 2 aliphatic rings. The maximum Gasteiger partial charge on any atom is 0.183 e. The van der Waals surface area contributed by atoms with Crippen LogP contribution in [-0.2, 0) is 6.54 Å². The number of nitrogens with zero attached hydrogens (tertiary/aromatic N) is 3. The van der Waals surface area contributed by atoms with Gasteiger partial charge in [0.2, 0.25) is 0 Å². The third-order valence-electron chi connectivity index (χ3n) is 7.75. The van der Waals surface area contributed by atoms with Gasteiger partial charge in [0.25, 0.3) is 0 Å². The lowest BCUT2D eigenvalue weighted by Crippen LogP contribution is -2.39. The number of H-pyrrole nitrogens is 1. The van der Waals surface area contributed by atoms with Crippen LogP contribution in [0.1, 0.15) is 80.8 Å². The van der Waals surface area contributed by atoms with Crippen molar-refractivity contribution in [2.45, 2.75) is 76.9 Å². The highest BCUT2D eigenvalue weighted by Crippen LogP contribution is 2.31. The molecule has 0 bridgehead atoms. The zero-order valence-electron chi connectivity index (χ0n) is 20.2. The molecule has 1 aliphatic carbocycles. The molecular weight excluding hydrogens is 427 g/mol. The van der Waals surface area contributed by atoms with Gasteiger partial charge in [-0.2, -0.15) is 5.10 Å². The van der Waals surface area contributed by atoms with Gasteiger partial charge in [0.15, 0.2) is 5.78 Å². The first kappa shape index (κ1) is 23.2. The zero-order valence-corrected chi connectivity index (χ0v) is 20.2. The second-order valence-corrected chi connectivity index (χ2v) is 10.6. The lowest BCUT2D eigenvalue weighted by atomic mass is 9.95. The monoisotopic (exact) mass is 462 g/mol. The Morgan fingerprint density at radius 3 is 2.74 bits per heavy atom. The van der Waals surface area contributed by atoms with Gasteiger partial charge in [-0.05, 0) is 61.4 Å². The van der Waals surface area contributed by atoms with Gasteiger partial charge < -0.3 is 0 Å². The van der Waals surface area contributed by atoms with E-state index in [0.717, 1.165) is 66.0 Å². The van der Waals surface area contributed by atoms with Gasteiger partial charge in [0.05, 0.1) is 5.52 Å². The number of fused-ring (bicyclic) bond motifs is 1. The first-order valence-corrected chi connectivity index (χ1v) is 12.8. The van der Waals surface area contributed by atoms with Crippen molar-refractivity contribution in [2.24, 2.45) is 5.92 Å². The van der Waals surface area contributed by atoms with Crippen molar-refractivity contribution in [3.63, 3.8) is 0 Å². The summed E-state index contributed by atoms with van der Waals surface area (Å²) in [6.07, 6.45) is 12.9. The molecule has 5 rings (SSSR count). The molecule has 0 amide bonds. The van der Waals surface area contributed by atoms with Gasteiger partial charge in [0, 0.05) is 49.4 Å². The van der Waals surface area contributed by atoms with Crippen LogP contribution in [0.2, 0.25) is 0 Å². The summed E-state index contributed by atoms with van der Waals surface area (Å²) in [6, 6.07) is 8.25. The highest BCUT2D eigenvalue weighted by atomic mass is 19.1. The Morgan fingerprint density at radius 2 is 1.94 bits per heavy atom. The number of aromatic nitrogens is 3. The van der Waals surface area contributed by atoms with Gasteiger partial charge in [-0.15, -0.1) is 0 Å². The molecule has 0 spiro atoms. The van der Waals surface area contributed by atoms with Crippen molar-refractivity contribution in [3.05, 3.63) is 47.9 Å². The zero-order chi connectivity index (χ0) is 23.5. The number of hydrogen-bond donors (Lipinski definition) is 1. The summed E-state index contributed by atoms with van der Waals surface area (Å²) in [4.78, 5) is 19.7. The van der Waals surface area contributed by atoms with Crippen molar-refractivity contribution in [1.29, 1.82) is 0 Å². The van der Waals surface area contributed by atoms with E-state index in [-0.39, 0.29) is 5.78 Å². The molecule has 1 saturated heterocycles. The minimum Gasteiger partial charge on any atom is -0.299 e. The molecular formula is C28H35FN4O. The number of hydrogen-bond acceptors (Lipinski definition) is 4. The number of rotatable bonds is 8. The summed E-state index contributed by atoms with van der Waals surface area (Å²) in [5.74, 6) is 0.930. The van der Waals surface area contributed by atoms with Crippen LogP contribution in [-0.4, -0.2) is 44.6 Å². The number of aromatic amines is 1. The number of alkyl halides is 1. The second-order valence-electron chi connectivity index (χ2n) is 10.6. The van der Waals surface area contributed by atoms with Crippen LogP contribution >= 0.6 is 0 Å². The van der Waals surface area contributed by atoms with E-state index in [4.69, 9.17) is 0 Å². The van der Waals surface area contributed by atoms with E-state index in [1.807, 2.05) is 24.5 Å². The fraction of sp³-hybridized carbons (Fsp3) is 0.536. The number of likely N-dealkylation sites (tertiary alicyclic amines) is 1. The van der Waals surface area contributed by atoms with Crippen molar-refractivity contribution in [3.8, 4) is 11.1 Å². The quantitative estimate of drug-likeness (QED) is 0.389. The van der Waals surface area contributed by atoms with E-state index in [1.165, 1.54) is 25.7 Å². The standard InChI is InChI=1S/C28H35FN4O/c1-28(29)11-13-33(14-12-28)19-21-15-23(18-30-17-21)22-9-10-25-24(16-22)27(32-31-25)26(34)8-4-7-20-5-2-3-6-20/h9-10,15-18,20H,2-8,11-14,19H2,1H3,(H,31,32). The highest BCUT2D eigenvalue weighted by Gasteiger charge is 2.29. The molecule has 180 valence electrons. The molecule has 1 aromatic carbocycles. The maximum absolute atomic E-state index is 14.1. The Kier molecular flexibility index (Phi) is 6.77. The summed E-state index contributed by atoms with van der Waals surface area (Å²) in [7, 11) is 0. The number of pyridine rings is 1. The summed E-state index contributed by atoms with van der Waals surface area (Å²) >= 11 is 0. The van der Waals surface area contributed by atoms with E-state index in [9.17, 15) is 9.18 Å². The molecule has 1 saturated carbocycles. The van der Waals surface area contributed by atoms with Gasteiger partial charge in [0.1, 0.15) is 11.4 Å². The van der Waals surface area contributed by atoms with Gasteiger partial charge in [-0.1, -0.05) is 38.2 Å². The largest absolute Gasteiger partial charge is 0.299 e. The fourth-order valence-electron chi connectivity index (χ4n) is 5.54. The summed E-state index contributed by atoms with van der Waals surface area (Å²) < 4.78 is 14.1. The number of benzene rings is 1. The van der Waals surface area contributed by atoms with E-state index < -0.39 is 5.67 Å². The van der Waals surface area contributed by atoms with E-state index in [0.29, 0.717) is 25.0 Å². The average Bonchev–Trinajstić information content (AvgIpc) is 3.50. The Labute approximate surface area is 201 Å². The molecule has 34 heavy (non-hydrogen) atoms. The Hall–Kier alpha value is -2.60. The van der Waals surface area contributed by atoms with Crippen LogP contribution in [0.4, 0.5) is 4.39 Å². The number of ketones is 1. The number of piperidine rings is 1. The normalized spacial score (nSPS) is 19.1. The van der Waals surface area contributed by atoms with Gasteiger partial charge in [-0.25, -0.2) is 4.39 Å². The molecule has 2 fully saturated rings. The fourth-order valence-corrected chi connectivity index (χ4v) is 5.54. The molecule has 1 N–H and O–H groups in total. The van der Waals surface area contributed by atoms with Crippen LogP contribution in [0.15, 0.2) is 36.7 Å². The van der Waals surface area contributed by atoms with E-state index in [1.54, 1.807) is 6.92 Å². The van der Waals surface area contributed by atoms with Crippen molar-refractivity contribution >= 4 is 16.7 Å². The summed E-state index contributed by atoms with van der Waals surface area (Å²) in [6.45, 7) is 4.01.